The molecule has 3 nitrogen and oxygen atoms in total. The van der Waals surface area contributed by atoms with Crippen LogP contribution in [-0.4, -0.2) is 5.16 Å². The first-order valence-corrected chi connectivity index (χ1v) is 5.15. The van der Waals surface area contributed by atoms with Crippen molar-refractivity contribution in [3.8, 4) is 11.3 Å². The van der Waals surface area contributed by atoms with E-state index in [2.05, 4.69) is 5.16 Å². The van der Waals surface area contributed by atoms with Gasteiger partial charge >= 0.3 is 0 Å². The fourth-order valence-electron chi connectivity index (χ4n) is 1.69. The Morgan fingerprint density at radius 2 is 2.13 bits per heavy atom. The molecule has 0 radical (unpaired) electrons. The van der Waals surface area contributed by atoms with Gasteiger partial charge in [0, 0.05) is 23.2 Å². The Balaban J connectivity index is 1.97. The van der Waals surface area contributed by atoms with Crippen molar-refractivity contribution in [1.82, 2.24) is 5.16 Å². The molecule has 2 aromatic rings. The molecule has 0 bridgehead atoms. The topological polar surface area (TPSA) is 52.0 Å². The van der Waals surface area contributed by atoms with Crippen molar-refractivity contribution in [3.63, 3.8) is 0 Å². The number of hydrogen-bond acceptors (Lipinski definition) is 3. The Kier molecular flexibility index (Phi) is 1.78. The summed E-state index contributed by atoms with van der Waals surface area (Å²) >= 11 is 0. The Bertz CT molecular complexity index is 486. The number of rotatable bonds is 2. The molecule has 0 unspecified atom stereocenters. The lowest BCUT2D eigenvalue weighted by Gasteiger charge is -1.95. The molecule has 1 aromatic heterocycles. The molecule has 76 valence electrons. The van der Waals surface area contributed by atoms with Crippen molar-refractivity contribution in [3.05, 3.63) is 36.0 Å². The molecule has 1 aliphatic rings. The molecular weight excluding hydrogens is 188 g/mol. The molecule has 15 heavy (non-hydrogen) atoms. The van der Waals surface area contributed by atoms with Gasteiger partial charge in [-0.25, -0.2) is 0 Å². The third-order valence-electron chi connectivity index (χ3n) is 2.70. The van der Waals surface area contributed by atoms with E-state index < -0.39 is 0 Å². The quantitative estimate of drug-likeness (QED) is 0.758. The molecular formula is C12H12N2O. The van der Waals surface area contributed by atoms with Crippen molar-refractivity contribution in [2.24, 2.45) is 0 Å². The highest BCUT2D eigenvalue weighted by Crippen LogP contribution is 2.40. The normalized spacial score (nSPS) is 15.5. The third kappa shape index (κ3) is 1.61. The zero-order valence-corrected chi connectivity index (χ0v) is 8.31. The predicted molar refractivity (Wildman–Crippen MR) is 58.3 cm³/mol. The summed E-state index contributed by atoms with van der Waals surface area (Å²) in [4.78, 5) is 0. The summed E-state index contributed by atoms with van der Waals surface area (Å²) in [5.74, 6) is 1.44. The van der Waals surface area contributed by atoms with Gasteiger partial charge in [0.1, 0.15) is 0 Å². The van der Waals surface area contributed by atoms with Crippen molar-refractivity contribution < 1.29 is 4.52 Å². The minimum absolute atomic E-state index is 0.628. The Hall–Kier alpha value is -1.77. The SMILES string of the molecule is Nc1cccc(-c2cc(C3CC3)no2)c1. The minimum atomic E-state index is 0.628. The standard InChI is InChI=1S/C12H12N2O/c13-10-3-1-2-9(6-10)12-7-11(14-15-12)8-4-5-8/h1-3,6-8H,4-5,13H2. The van der Waals surface area contributed by atoms with E-state index >= 15 is 0 Å². The van der Waals surface area contributed by atoms with Gasteiger partial charge in [-0.3, -0.25) is 0 Å². The maximum absolute atomic E-state index is 5.71. The summed E-state index contributed by atoms with van der Waals surface area (Å²) in [6.07, 6.45) is 2.48. The van der Waals surface area contributed by atoms with Crippen molar-refractivity contribution in [1.29, 1.82) is 0 Å². The molecule has 2 N–H and O–H groups in total. The summed E-state index contributed by atoms with van der Waals surface area (Å²) in [6, 6.07) is 9.68. The summed E-state index contributed by atoms with van der Waals surface area (Å²) in [7, 11) is 0. The predicted octanol–water partition coefficient (Wildman–Crippen LogP) is 2.80. The maximum atomic E-state index is 5.71. The number of aromatic nitrogens is 1. The number of benzene rings is 1. The average molecular weight is 200 g/mol. The van der Waals surface area contributed by atoms with Crippen LogP contribution < -0.4 is 5.73 Å². The molecule has 0 saturated heterocycles. The van der Waals surface area contributed by atoms with Gasteiger partial charge in [-0.1, -0.05) is 17.3 Å². The van der Waals surface area contributed by atoms with Crippen LogP contribution in [0.3, 0.4) is 0 Å². The van der Waals surface area contributed by atoms with Gasteiger partial charge in [0.25, 0.3) is 0 Å². The van der Waals surface area contributed by atoms with E-state index in [9.17, 15) is 0 Å². The Labute approximate surface area is 87.9 Å². The van der Waals surface area contributed by atoms with Crippen LogP contribution in [0.2, 0.25) is 0 Å². The third-order valence-corrected chi connectivity index (χ3v) is 2.70. The van der Waals surface area contributed by atoms with Crippen molar-refractivity contribution in [2.45, 2.75) is 18.8 Å². The van der Waals surface area contributed by atoms with Crippen LogP contribution in [0, 0.1) is 0 Å². The summed E-state index contributed by atoms with van der Waals surface area (Å²) in [5, 5.41) is 4.07. The Morgan fingerprint density at radius 3 is 2.87 bits per heavy atom. The number of anilines is 1. The summed E-state index contributed by atoms with van der Waals surface area (Å²) in [5.41, 5.74) is 8.53. The first-order chi connectivity index (χ1) is 7.33. The van der Waals surface area contributed by atoms with Crippen LogP contribution >= 0.6 is 0 Å². The van der Waals surface area contributed by atoms with Gasteiger partial charge in [-0.05, 0) is 25.0 Å². The Morgan fingerprint density at radius 1 is 1.27 bits per heavy atom. The van der Waals surface area contributed by atoms with Crippen molar-refractivity contribution >= 4 is 5.69 Å². The summed E-state index contributed by atoms with van der Waals surface area (Å²) < 4.78 is 5.30. The number of hydrogen-bond donors (Lipinski definition) is 1. The molecule has 3 heteroatoms. The van der Waals surface area contributed by atoms with Gasteiger partial charge in [0.05, 0.1) is 5.69 Å². The van der Waals surface area contributed by atoms with Crippen LogP contribution in [0.5, 0.6) is 0 Å². The van der Waals surface area contributed by atoms with E-state index in [0.717, 1.165) is 22.7 Å². The van der Waals surface area contributed by atoms with Gasteiger partial charge in [-0.15, -0.1) is 0 Å². The van der Waals surface area contributed by atoms with Gasteiger partial charge < -0.3 is 10.3 Å². The molecule has 0 spiro atoms. The van der Waals surface area contributed by atoms with Crippen LogP contribution in [0.25, 0.3) is 11.3 Å². The highest BCUT2D eigenvalue weighted by atomic mass is 16.5. The molecule has 1 aromatic carbocycles. The van der Waals surface area contributed by atoms with Crippen molar-refractivity contribution in [2.75, 3.05) is 5.73 Å². The molecule has 1 saturated carbocycles. The van der Waals surface area contributed by atoms with Crippen LogP contribution in [-0.2, 0) is 0 Å². The van der Waals surface area contributed by atoms with E-state index in [0.29, 0.717) is 5.92 Å². The molecule has 0 aliphatic heterocycles. The van der Waals surface area contributed by atoms with E-state index in [-0.39, 0.29) is 0 Å². The average Bonchev–Trinajstić information content (AvgIpc) is 2.97. The van der Waals surface area contributed by atoms with E-state index in [1.54, 1.807) is 0 Å². The lowest BCUT2D eigenvalue weighted by Crippen LogP contribution is -1.83. The molecule has 1 heterocycles. The van der Waals surface area contributed by atoms with E-state index in [4.69, 9.17) is 10.3 Å². The summed E-state index contributed by atoms with van der Waals surface area (Å²) in [6.45, 7) is 0. The van der Waals surface area contributed by atoms with Gasteiger partial charge in [0.15, 0.2) is 5.76 Å². The zero-order chi connectivity index (χ0) is 10.3. The molecule has 1 aliphatic carbocycles. The second-order valence-electron chi connectivity index (χ2n) is 4.02. The fourth-order valence-corrected chi connectivity index (χ4v) is 1.69. The smallest absolute Gasteiger partial charge is 0.167 e. The molecule has 0 atom stereocenters. The van der Waals surface area contributed by atoms with Crippen LogP contribution in [0.4, 0.5) is 5.69 Å². The van der Waals surface area contributed by atoms with Crippen LogP contribution in [0.1, 0.15) is 24.5 Å². The van der Waals surface area contributed by atoms with E-state index in [1.165, 1.54) is 12.8 Å². The fraction of sp³-hybridized carbons (Fsp3) is 0.250. The zero-order valence-electron chi connectivity index (χ0n) is 8.31. The second-order valence-corrected chi connectivity index (χ2v) is 4.02. The number of nitrogens with two attached hydrogens (primary N) is 1. The van der Waals surface area contributed by atoms with Crippen LogP contribution in [0.15, 0.2) is 34.9 Å². The minimum Gasteiger partial charge on any atom is -0.399 e. The largest absolute Gasteiger partial charge is 0.399 e. The number of nitrogens with zero attached hydrogens (tertiary/aromatic N) is 1. The monoisotopic (exact) mass is 200 g/mol. The highest BCUT2D eigenvalue weighted by molar-refractivity contribution is 5.62. The number of nitrogen functional groups attached to an aromatic ring is 1. The highest BCUT2D eigenvalue weighted by Gasteiger charge is 2.27. The molecule has 1 fully saturated rings. The second kappa shape index (κ2) is 3.12. The maximum Gasteiger partial charge on any atom is 0.167 e. The lowest BCUT2D eigenvalue weighted by atomic mass is 10.1. The molecule has 3 rings (SSSR count). The lowest BCUT2D eigenvalue weighted by molar-refractivity contribution is 0.424. The van der Waals surface area contributed by atoms with Gasteiger partial charge in [0.2, 0.25) is 0 Å². The van der Waals surface area contributed by atoms with Gasteiger partial charge in [-0.2, -0.15) is 0 Å². The first-order valence-electron chi connectivity index (χ1n) is 5.15. The first kappa shape index (κ1) is 8.53. The van der Waals surface area contributed by atoms with E-state index in [1.807, 2.05) is 30.3 Å². The molecule has 0 amide bonds.